The van der Waals surface area contributed by atoms with E-state index in [0.29, 0.717) is 35.5 Å². The van der Waals surface area contributed by atoms with E-state index in [0.717, 1.165) is 25.3 Å². The number of aryl methyl sites for hydroxylation is 2. The minimum atomic E-state index is -0.161. The number of benzene rings is 1. The number of amides is 1. The second kappa shape index (κ2) is 8.08. The Morgan fingerprint density at radius 1 is 1.29 bits per heavy atom. The van der Waals surface area contributed by atoms with E-state index in [-0.39, 0.29) is 12.0 Å². The van der Waals surface area contributed by atoms with Gasteiger partial charge >= 0.3 is 0 Å². The van der Waals surface area contributed by atoms with Gasteiger partial charge < -0.3 is 14.6 Å². The van der Waals surface area contributed by atoms with Crippen LogP contribution in [0.25, 0.3) is 11.1 Å². The highest BCUT2D eigenvalue weighted by Gasteiger charge is 2.23. The number of hydrogen-bond acceptors (Lipinski definition) is 6. The van der Waals surface area contributed by atoms with Crippen LogP contribution in [0, 0.1) is 13.8 Å². The zero-order valence-electron chi connectivity index (χ0n) is 16.1. The van der Waals surface area contributed by atoms with Gasteiger partial charge in [0.1, 0.15) is 0 Å². The van der Waals surface area contributed by atoms with Gasteiger partial charge in [0.25, 0.3) is 11.6 Å². The van der Waals surface area contributed by atoms with Crippen molar-refractivity contribution in [3.8, 4) is 0 Å². The molecule has 1 saturated heterocycles. The van der Waals surface area contributed by atoms with Crippen LogP contribution in [0.15, 0.2) is 40.9 Å². The number of pyridine rings is 1. The molecule has 4 rings (SSSR count). The summed E-state index contributed by atoms with van der Waals surface area (Å²) in [6.45, 7) is 7.33. The van der Waals surface area contributed by atoms with Gasteiger partial charge in [-0.1, -0.05) is 35.5 Å². The summed E-state index contributed by atoms with van der Waals surface area (Å²) in [4.78, 5) is 19.5. The summed E-state index contributed by atoms with van der Waals surface area (Å²) in [6, 6.07) is 12.2. The Balaban J connectivity index is 1.39. The highest BCUT2D eigenvalue weighted by Crippen LogP contribution is 2.21. The quantitative estimate of drug-likeness (QED) is 0.732. The van der Waals surface area contributed by atoms with Crippen LogP contribution in [-0.4, -0.2) is 53.3 Å². The topological polar surface area (TPSA) is 80.5 Å². The molecule has 0 spiro atoms. The standard InChI is InChI=1S/C21H24N4O3/c1-14-10-18(19-15(2)24-28-21(19)23-14)20(26)22-11-17-13-25(8-9-27-17)12-16-6-4-3-5-7-16/h3-7,10,17H,8-9,11-13H2,1-2H3,(H,22,26)/t17-/m0/s1. The smallest absolute Gasteiger partial charge is 0.258 e. The third-order valence-electron chi connectivity index (χ3n) is 4.95. The van der Waals surface area contributed by atoms with E-state index in [1.807, 2.05) is 19.9 Å². The van der Waals surface area contributed by atoms with Crippen LogP contribution in [-0.2, 0) is 11.3 Å². The van der Waals surface area contributed by atoms with E-state index in [1.165, 1.54) is 5.56 Å². The zero-order chi connectivity index (χ0) is 19.5. The van der Waals surface area contributed by atoms with Crippen molar-refractivity contribution in [3.05, 3.63) is 58.9 Å². The maximum Gasteiger partial charge on any atom is 0.258 e. The number of nitrogens with zero attached hydrogens (tertiary/aromatic N) is 3. The van der Waals surface area contributed by atoms with Crippen molar-refractivity contribution in [2.45, 2.75) is 26.5 Å². The molecule has 28 heavy (non-hydrogen) atoms. The highest BCUT2D eigenvalue weighted by molar-refractivity contribution is 6.06. The lowest BCUT2D eigenvalue weighted by Gasteiger charge is -2.33. The molecule has 0 unspecified atom stereocenters. The Kier molecular flexibility index (Phi) is 5.36. The first kappa shape index (κ1) is 18.6. The normalized spacial score (nSPS) is 17.7. The molecule has 0 saturated carbocycles. The molecule has 7 heteroatoms. The van der Waals surface area contributed by atoms with Crippen molar-refractivity contribution in [1.82, 2.24) is 20.4 Å². The maximum atomic E-state index is 12.8. The molecule has 146 valence electrons. The molecular weight excluding hydrogens is 356 g/mol. The van der Waals surface area contributed by atoms with Crippen LogP contribution < -0.4 is 5.32 Å². The van der Waals surface area contributed by atoms with Gasteiger partial charge in [0.05, 0.1) is 29.4 Å². The van der Waals surface area contributed by atoms with Crippen molar-refractivity contribution < 1.29 is 14.1 Å². The van der Waals surface area contributed by atoms with E-state index < -0.39 is 0 Å². The van der Waals surface area contributed by atoms with Crippen molar-refractivity contribution in [2.75, 3.05) is 26.2 Å². The Labute approximate surface area is 163 Å². The van der Waals surface area contributed by atoms with Crippen molar-refractivity contribution >= 4 is 17.0 Å². The third-order valence-corrected chi connectivity index (χ3v) is 4.95. The van der Waals surface area contributed by atoms with E-state index in [1.54, 1.807) is 6.07 Å². The lowest BCUT2D eigenvalue weighted by molar-refractivity contribution is -0.0292. The fourth-order valence-electron chi connectivity index (χ4n) is 3.59. The average molecular weight is 380 g/mol. The van der Waals surface area contributed by atoms with Crippen LogP contribution in [0.3, 0.4) is 0 Å². The van der Waals surface area contributed by atoms with Gasteiger partial charge in [-0.25, -0.2) is 4.98 Å². The molecule has 1 fully saturated rings. The van der Waals surface area contributed by atoms with E-state index in [2.05, 4.69) is 44.6 Å². The van der Waals surface area contributed by atoms with E-state index in [9.17, 15) is 4.79 Å². The Morgan fingerprint density at radius 2 is 2.11 bits per heavy atom. The first-order valence-electron chi connectivity index (χ1n) is 9.50. The Morgan fingerprint density at radius 3 is 2.93 bits per heavy atom. The number of ether oxygens (including phenoxy) is 1. The number of fused-ring (bicyclic) bond motifs is 1. The second-order valence-corrected chi connectivity index (χ2v) is 7.18. The summed E-state index contributed by atoms with van der Waals surface area (Å²) in [7, 11) is 0. The van der Waals surface area contributed by atoms with Crippen LogP contribution in [0.1, 0.15) is 27.3 Å². The number of morpholine rings is 1. The molecule has 1 aliphatic heterocycles. The van der Waals surface area contributed by atoms with Gasteiger partial charge in [0, 0.05) is 31.9 Å². The molecule has 1 aromatic carbocycles. The first-order chi connectivity index (χ1) is 13.6. The number of nitrogens with one attached hydrogen (secondary N) is 1. The number of carbonyl (C=O) groups excluding carboxylic acids is 1. The third kappa shape index (κ3) is 4.05. The summed E-state index contributed by atoms with van der Waals surface area (Å²) < 4.78 is 11.1. The monoisotopic (exact) mass is 380 g/mol. The molecule has 3 aromatic rings. The number of hydrogen-bond donors (Lipinski definition) is 1. The minimum absolute atomic E-state index is 0.0385. The molecule has 1 amide bonds. The van der Waals surface area contributed by atoms with Gasteiger partial charge in [-0.15, -0.1) is 0 Å². The van der Waals surface area contributed by atoms with E-state index >= 15 is 0 Å². The van der Waals surface area contributed by atoms with Gasteiger partial charge in [0.15, 0.2) is 0 Å². The lowest BCUT2D eigenvalue weighted by Crippen LogP contribution is -2.47. The lowest BCUT2D eigenvalue weighted by atomic mass is 10.1. The molecular formula is C21H24N4O3. The molecule has 1 atom stereocenters. The largest absolute Gasteiger partial charge is 0.374 e. The summed E-state index contributed by atoms with van der Waals surface area (Å²) in [5.41, 5.74) is 3.60. The van der Waals surface area contributed by atoms with Crippen LogP contribution in [0.5, 0.6) is 0 Å². The highest BCUT2D eigenvalue weighted by atomic mass is 16.5. The average Bonchev–Trinajstić information content (AvgIpc) is 3.07. The number of rotatable bonds is 5. The van der Waals surface area contributed by atoms with Crippen LogP contribution in [0.2, 0.25) is 0 Å². The van der Waals surface area contributed by atoms with Gasteiger partial charge in [0.2, 0.25) is 0 Å². The Hall–Kier alpha value is -2.77. The van der Waals surface area contributed by atoms with Crippen molar-refractivity contribution in [3.63, 3.8) is 0 Å². The summed E-state index contributed by atoms with van der Waals surface area (Å²) in [5, 5.41) is 7.60. The summed E-state index contributed by atoms with van der Waals surface area (Å²) in [5.74, 6) is -0.161. The number of aromatic nitrogens is 2. The SMILES string of the molecule is Cc1cc(C(=O)NC[C@H]2CN(Cc3ccccc3)CCO2)c2c(C)noc2n1. The second-order valence-electron chi connectivity index (χ2n) is 7.18. The van der Waals surface area contributed by atoms with Crippen LogP contribution >= 0.6 is 0 Å². The molecule has 0 radical (unpaired) electrons. The van der Waals surface area contributed by atoms with Crippen molar-refractivity contribution in [2.24, 2.45) is 0 Å². The van der Waals surface area contributed by atoms with E-state index in [4.69, 9.17) is 9.26 Å². The fraction of sp³-hybridized carbons (Fsp3) is 0.381. The predicted molar refractivity (Wildman–Crippen MR) is 105 cm³/mol. The molecule has 2 aromatic heterocycles. The molecule has 0 bridgehead atoms. The van der Waals surface area contributed by atoms with Gasteiger partial charge in [-0.3, -0.25) is 9.69 Å². The van der Waals surface area contributed by atoms with Gasteiger partial charge in [-0.05, 0) is 25.5 Å². The molecule has 1 N–H and O–H groups in total. The first-order valence-corrected chi connectivity index (χ1v) is 9.50. The number of carbonyl (C=O) groups is 1. The Bertz CT molecular complexity index is 970. The fourth-order valence-corrected chi connectivity index (χ4v) is 3.59. The summed E-state index contributed by atoms with van der Waals surface area (Å²) >= 11 is 0. The molecule has 0 aliphatic carbocycles. The minimum Gasteiger partial charge on any atom is -0.374 e. The van der Waals surface area contributed by atoms with Crippen molar-refractivity contribution in [1.29, 1.82) is 0 Å². The summed E-state index contributed by atoms with van der Waals surface area (Å²) in [6.07, 6.45) is -0.0385. The predicted octanol–water partition coefficient (Wildman–Crippen LogP) is 2.47. The molecule has 7 nitrogen and oxygen atoms in total. The maximum absolute atomic E-state index is 12.8. The molecule has 3 heterocycles. The van der Waals surface area contributed by atoms with Gasteiger partial charge in [-0.2, -0.15) is 0 Å². The molecule has 1 aliphatic rings. The zero-order valence-corrected chi connectivity index (χ0v) is 16.1. The van der Waals surface area contributed by atoms with Crippen LogP contribution in [0.4, 0.5) is 0 Å².